The molecule has 19 heavy (non-hydrogen) atoms. The van der Waals surface area contributed by atoms with Crippen molar-refractivity contribution in [2.75, 3.05) is 12.4 Å². The van der Waals surface area contributed by atoms with Gasteiger partial charge >= 0.3 is 0 Å². The third kappa shape index (κ3) is 1.59. The number of benzene rings is 1. The number of nitrogens with zero attached hydrogens (tertiary/aromatic N) is 2. The molecule has 2 aliphatic rings. The minimum Gasteiger partial charge on any atom is -0.508 e. The van der Waals surface area contributed by atoms with Gasteiger partial charge in [-0.15, -0.1) is 0 Å². The van der Waals surface area contributed by atoms with E-state index >= 15 is 0 Å². The van der Waals surface area contributed by atoms with E-state index in [2.05, 4.69) is 24.1 Å². The predicted octanol–water partition coefficient (Wildman–Crippen LogP) is 2.25. The Bertz CT molecular complexity index is 570. The Labute approximate surface area is 111 Å². The molecule has 1 saturated heterocycles. The van der Waals surface area contributed by atoms with Crippen LogP contribution in [0.5, 0.6) is 5.75 Å². The minimum absolute atomic E-state index is 0.0414. The highest BCUT2D eigenvalue weighted by atomic mass is 16.6. The lowest BCUT2D eigenvalue weighted by Gasteiger charge is -2.31. The van der Waals surface area contributed by atoms with Gasteiger partial charge in [-0.25, -0.2) is 0 Å². The predicted molar refractivity (Wildman–Crippen MR) is 71.4 cm³/mol. The second-order valence-corrected chi connectivity index (χ2v) is 6.01. The van der Waals surface area contributed by atoms with E-state index in [9.17, 15) is 15.2 Å². The summed E-state index contributed by atoms with van der Waals surface area (Å²) in [5.74, 6) is 0.140. The van der Waals surface area contributed by atoms with Gasteiger partial charge < -0.3 is 10.4 Å². The Morgan fingerprint density at radius 1 is 1.53 bits per heavy atom. The summed E-state index contributed by atoms with van der Waals surface area (Å²) < 4.78 is 0. The van der Waals surface area contributed by atoms with Gasteiger partial charge in [0.05, 0.1) is 17.2 Å². The van der Waals surface area contributed by atoms with Crippen LogP contribution in [0.1, 0.15) is 31.7 Å². The molecule has 0 spiro atoms. The number of nitro groups is 1. The van der Waals surface area contributed by atoms with Gasteiger partial charge in [0.2, 0.25) is 0 Å². The summed E-state index contributed by atoms with van der Waals surface area (Å²) in [6, 6.07) is 2.85. The lowest BCUT2D eigenvalue weighted by molar-refractivity contribution is -0.384. The Kier molecular flexibility index (Phi) is 2.32. The molecule has 2 N–H and O–H groups in total. The van der Waals surface area contributed by atoms with E-state index in [1.807, 2.05) is 7.05 Å². The van der Waals surface area contributed by atoms with Gasteiger partial charge in [0.1, 0.15) is 11.4 Å². The summed E-state index contributed by atoms with van der Waals surface area (Å²) >= 11 is 0. The van der Waals surface area contributed by atoms with Crippen LogP contribution in [0.25, 0.3) is 0 Å². The summed E-state index contributed by atoms with van der Waals surface area (Å²) in [4.78, 5) is 12.8. The maximum Gasteiger partial charge on any atom is 0.296 e. The van der Waals surface area contributed by atoms with E-state index in [0.717, 1.165) is 12.0 Å². The molecule has 2 aliphatic heterocycles. The Balaban J connectivity index is 2.11. The van der Waals surface area contributed by atoms with Gasteiger partial charge in [-0.3, -0.25) is 15.0 Å². The second kappa shape index (κ2) is 3.60. The number of aromatic hydroxyl groups is 1. The highest BCUT2D eigenvalue weighted by Crippen LogP contribution is 2.52. The quantitative estimate of drug-likeness (QED) is 0.461. The van der Waals surface area contributed by atoms with Crippen LogP contribution in [-0.4, -0.2) is 33.7 Å². The van der Waals surface area contributed by atoms with E-state index in [-0.39, 0.29) is 29.1 Å². The number of rotatable bonds is 1. The summed E-state index contributed by atoms with van der Waals surface area (Å²) in [5.41, 5.74) is 1.41. The third-order valence-corrected chi connectivity index (χ3v) is 4.49. The summed E-state index contributed by atoms with van der Waals surface area (Å²) in [7, 11) is 2.02. The number of likely N-dealkylation sites (tertiary alicyclic amines) is 1. The molecule has 1 aromatic carbocycles. The van der Waals surface area contributed by atoms with Crippen LogP contribution in [0.3, 0.4) is 0 Å². The number of phenolic OH excluding ortho intramolecular Hbond substituents is 1. The fourth-order valence-electron chi connectivity index (χ4n) is 3.29. The van der Waals surface area contributed by atoms with Crippen molar-refractivity contribution in [3.63, 3.8) is 0 Å². The van der Waals surface area contributed by atoms with Crippen molar-refractivity contribution < 1.29 is 10.0 Å². The number of anilines is 1. The van der Waals surface area contributed by atoms with Gasteiger partial charge in [-0.05, 0) is 38.9 Å². The molecule has 0 aliphatic carbocycles. The number of likely N-dealkylation sites (N-methyl/N-ethyl adjacent to an activating group) is 1. The lowest BCUT2D eigenvalue weighted by atomic mass is 9.91. The van der Waals surface area contributed by atoms with E-state index in [0.29, 0.717) is 5.69 Å². The molecule has 0 bridgehead atoms. The maximum absolute atomic E-state index is 11.1. The molecule has 1 aromatic rings. The normalized spacial score (nSPS) is 27.7. The van der Waals surface area contributed by atoms with Crippen LogP contribution < -0.4 is 5.32 Å². The van der Waals surface area contributed by atoms with Crippen molar-refractivity contribution in [3.8, 4) is 5.75 Å². The van der Waals surface area contributed by atoms with E-state index in [4.69, 9.17) is 0 Å². The monoisotopic (exact) mass is 263 g/mol. The van der Waals surface area contributed by atoms with Gasteiger partial charge in [0, 0.05) is 11.5 Å². The van der Waals surface area contributed by atoms with Crippen LogP contribution in [0.15, 0.2) is 12.1 Å². The number of hydrogen-bond donors (Lipinski definition) is 2. The van der Waals surface area contributed by atoms with Crippen LogP contribution in [0.4, 0.5) is 11.4 Å². The van der Waals surface area contributed by atoms with Crippen molar-refractivity contribution in [1.29, 1.82) is 0 Å². The third-order valence-electron chi connectivity index (χ3n) is 4.49. The van der Waals surface area contributed by atoms with E-state index in [1.165, 1.54) is 6.07 Å². The van der Waals surface area contributed by atoms with Crippen molar-refractivity contribution in [2.24, 2.45) is 0 Å². The molecule has 3 rings (SSSR count). The summed E-state index contributed by atoms with van der Waals surface area (Å²) in [5, 5.41) is 24.0. The standard InChI is InChI=1S/C13H17N3O3/c1-13(2)6-9-8-4-7(17)5-10(16(18)19)11(8)14-12(9)15(13)3/h4-5,9,12,14,17H,6H2,1-3H3/t9-,12-/m0/s1. The van der Waals surface area contributed by atoms with Gasteiger partial charge in [-0.2, -0.15) is 0 Å². The van der Waals surface area contributed by atoms with Crippen molar-refractivity contribution in [1.82, 2.24) is 4.90 Å². The van der Waals surface area contributed by atoms with Crippen LogP contribution in [-0.2, 0) is 0 Å². The van der Waals surface area contributed by atoms with Crippen LogP contribution in [0, 0.1) is 10.1 Å². The van der Waals surface area contributed by atoms with Crippen molar-refractivity contribution in [2.45, 2.75) is 37.9 Å². The first kappa shape index (κ1) is 12.2. The van der Waals surface area contributed by atoms with Gasteiger partial charge in [-0.1, -0.05) is 0 Å². The average molecular weight is 263 g/mol. The number of phenols is 1. The number of hydrogen-bond acceptors (Lipinski definition) is 5. The first-order valence-electron chi connectivity index (χ1n) is 6.32. The van der Waals surface area contributed by atoms with E-state index in [1.54, 1.807) is 6.07 Å². The summed E-state index contributed by atoms with van der Waals surface area (Å²) in [6.07, 6.45) is 0.972. The second-order valence-electron chi connectivity index (χ2n) is 6.01. The molecule has 0 aromatic heterocycles. The molecule has 102 valence electrons. The topological polar surface area (TPSA) is 78.6 Å². The molecule has 6 nitrogen and oxygen atoms in total. The molecule has 1 fully saturated rings. The zero-order chi connectivity index (χ0) is 13.9. The molecule has 2 atom stereocenters. The first-order chi connectivity index (χ1) is 8.81. The molecule has 0 amide bonds. The van der Waals surface area contributed by atoms with Crippen LogP contribution in [0.2, 0.25) is 0 Å². The zero-order valence-electron chi connectivity index (χ0n) is 11.2. The summed E-state index contributed by atoms with van der Waals surface area (Å²) in [6.45, 7) is 4.31. The number of fused-ring (bicyclic) bond motifs is 3. The fraction of sp³-hybridized carbons (Fsp3) is 0.538. The highest BCUT2D eigenvalue weighted by Gasteiger charge is 2.50. The fourth-order valence-corrected chi connectivity index (χ4v) is 3.29. The number of nitro benzene ring substituents is 1. The van der Waals surface area contributed by atoms with Crippen molar-refractivity contribution in [3.05, 3.63) is 27.8 Å². The Morgan fingerprint density at radius 3 is 2.84 bits per heavy atom. The highest BCUT2D eigenvalue weighted by molar-refractivity contribution is 5.74. The minimum atomic E-state index is -0.447. The Morgan fingerprint density at radius 2 is 2.21 bits per heavy atom. The molecule has 0 radical (unpaired) electrons. The molecule has 0 saturated carbocycles. The smallest absolute Gasteiger partial charge is 0.296 e. The average Bonchev–Trinajstić information content (AvgIpc) is 2.75. The molecule has 6 heteroatoms. The molecular weight excluding hydrogens is 246 g/mol. The maximum atomic E-state index is 11.1. The number of nitrogens with one attached hydrogen (secondary N) is 1. The van der Waals surface area contributed by atoms with Crippen LogP contribution >= 0.6 is 0 Å². The van der Waals surface area contributed by atoms with Gasteiger partial charge in [0.25, 0.3) is 5.69 Å². The largest absolute Gasteiger partial charge is 0.508 e. The van der Waals surface area contributed by atoms with Crippen molar-refractivity contribution >= 4 is 11.4 Å². The zero-order valence-corrected chi connectivity index (χ0v) is 11.2. The SMILES string of the molecule is CN1[C@@H]2Nc3c(cc(O)cc3[N+](=O)[O-])[C@@H]2CC1(C)C. The van der Waals surface area contributed by atoms with Gasteiger partial charge in [0.15, 0.2) is 0 Å². The first-order valence-corrected chi connectivity index (χ1v) is 6.32. The molecular formula is C13H17N3O3. The van der Waals surface area contributed by atoms with E-state index < -0.39 is 4.92 Å². The molecule has 2 heterocycles. The Hall–Kier alpha value is -1.82. The lowest BCUT2D eigenvalue weighted by Crippen LogP contribution is -2.42. The molecule has 0 unspecified atom stereocenters.